The van der Waals surface area contributed by atoms with E-state index in [0.717, 1.165) is 5.33 Å². The molecule has 2 amide bonds. The smallest absolute Gasteiger partial charge is 0.312 e. The van der Waals surface area contributed by atoms with E-state index in [2.05, 4.69) is 22.9 Å². The minimum absolute atomic E-state index is 0.104. The lowest BCUT2D eigenvalue weighted by Gasteiger charge is -2.36. The first-order valence-electron chi connectivity index (χ1n) is 5.63. The highest BCUT2D eigenvalue weighted by Gasteiger charge is 2.33. The third kappa shape index (κ3) is 2.97. The van der Waals surface area contributed by atoms with Crippen LogP contribution < -0.4 is 0 Å². The predicted molar refractivity (Wildman–Crippen MR) is 66.4 cm³/mol. The van der Waals surface area contributed by atoms with Gasteiger partial charge in [0.25, 0.3) is 0 Å². The van der Waals surface area contributed by atoms with Crippen LogP contribution in [0, 0.1) is 5.92 Å². The third-order valence-corrected chi connectivity index (χ3v) is 3.87. The normalized spacial score (nSPS) is 19.6. The second kappa shape index (κ2) is 5.66. The van der Waals surface area contributed by atoms with Crippen LogP contribution in [0.2, 0.25) is 0 Å². The molecule has 0 radical (unpaired) electrons. The summed E-state index contributed by atoms with van der Waals surface area (Å²) < 4.78 is 0. The molecule has 1 rings (SSSR count). The summed E-state index contributed by atoms with van der Waals surface area (Å²) in [6, 6.07) is 0.104. The lowest BCUT2D eigenvalue weighted by molar-refractivity contribution is -0.157. The van der Waals surface area contributed by atoms with Crippen LogP contribution in [-0.4, -0.2) is 52.6 Å². The van der Waals surface area contributed by atoms with Crippen molar-refractivity contribution in [2.24, 2.45) is 5.92 Å². The van der Waals surface area contributed by atoms with Crippen molar-refractivity contribution < 1.29 is 9.59 Å². The van der Waals surface area contributed by atoms with E-state index in [4.69, 9.17) is 0 Å². The third-order valence-electron chi connectivity index (χ3n) is 2.76. The molecule has 92 valence electrons. The van der Waals surface area contributed by atoms with Crippen LogP contribution in [0.25, 0.3) is 0 Å². The van der Waals surface area contributed by atoms with Crippen LogP contribution in [0.3, 0.4) is 0 Å². The number of amides is 2. The van der Waals surface area contributed by atoms with Gasteiger partial charge in [0.2, 0.25) is 0 Å². The van der Waals surface area contributed by atoms with Crippen molar-refractivity contribution in [1.82, 2.24) is 9.80 Å². The van der Waals surface area contributed by atoms with E-state index in [1.807, 2.05) is 13.8 Å². The van der Waals surface area contributed by atoms with Gasteiger partial charge < -0.3 is 9.80 Å². The number of hydrogen-bond donors (Lipinski definition) is 0. The molecule has 0 bridgehead atoms. The predicted octanol–water partition coefficient (Wildman–Crippen LogP) is 1.10. The summed E-state index contributed by atoms with van der Waals surface area (Å²) in [6.07, 6.45) is 0. The summed E-state index contributed by atoms with van der Waals surface area (Å²) in [6.45, 7) is 7.88. The first-order valence-corrected chi connectivity index (χ1v) is 6.75. The van der Waals surface area contributed by atoms with Crippen molar-refractivity contribution in [1.29, 1.82) is 0 Å². The van der Waals surface area contributed by atoms with Gasteiger partial charge in [0.05, 0.1) is 0 Å². The number of rotatable bonds is 4. The van der Waals surface area contributed by atoms with Gasteiger partial charge >= 0.3 is 11.8 Å². The van der Waals surface area contributed by atoms with E-state index in [1.165, 1.54) is 0 Å². The number of carbonyl (C=O) groups is 2. The maximum absolute atomic E-state index is 11.8. The topological polar surface area (TPSA) is 40.6 Å². The van der Waals surface area contributed by atoms with Crippen LogP contribution in [0.1, 0.15) is 20.8 Å². The highest BCUT2D eigenvalue weighted by molar-refractivity contribution is 9.09. The molecule has 1 atom stereocenters. The van der Waals surface area contributed by atoms with Gasteiger partial charge in [0.15, 0.2) is 0 Å². The van der Waals surface area contributed by atoms with Crippen molar-refractivity contribution in [2.75, 3.05) is 25.0 Å². The monoisotopic (exact) mass is 290 g/mol. The van der Waals surface area contributed by atoms with Gasteiger partial charge in [0, 0.05) is 31.0 Å². The number of nitrogens with zero attached hydrogens (tertiary/aromatic N) is 2. The van der Waals surface area contributed by atoms with Crippen LogP contribution >= 0.6 is 15.9 Å². The summed E-state index contributed by atoms with van der Waals surface area (Å²) in [5, 5.41) is 0.846. The van der Waals surface area contributed by atoms with Crippen molar-refractivity contribution in [2.45, 2.75) is 26.8 Å². The summed E-state index contributed by atoms with van der Waals surface area (Å²) in [7, 11) is 0. The maximum Gasteiger partial charge on any atom is 0.312 e. The quantitative estimate of drug-likeness (QED) is 0.575. The van der Waals surface area contributed by atoms with Crippen molar-refractivity contribution >= 4 is 27.7 Å². The molecule has 1 aliphatic rings. The molecular formula is C11H19BrN2O2. The van der Waals surface area contributed by atoms with E-state index in [9.17, 15) is 9.59 Å². The fourth-order valence-electron chi connectivity index (χ4n) is 1.78. The molecule has 0 aromatic carbocycles. The van der Waals surface area contributed by atoms with E-state index in [-0.39, 0.29) is 17.9 Å². The number of alkyl halides is 1. The molecule has 0 spiro atoms. The van der Waals surface area contributed by atoms with Gasteiger partial charge in [-0.25, -0.2) is 0 Å². The molecule has 0 aliphatic carbocycles. The first kappa shape index (κ1) is 13.5. The Bertz CT molecular complexity index is 281. The molecule has 1 saturated heterocycles. The Morgan fingerprint density at radius 3 is 2.31 bits per heavy atom. The molecule has 16 heavy (non-hydrogen) atoms. The van der Waals surface area contributed by atoms with Crippen molar-refractivity contribution in [3.05, 3.63) is 0 Å². The highest BCUT2D eigenvalue weighted by atomic mass is 79.9. The van der Waals surface area contributed by atoms with Gasteiger partial charge in [-0.2, -0.15) is 0 Å². The van der Waals surface area contributed by atoms with Crippen molar-refractivity contribution in [3.63, 3.8) is 0 Å². The van der Waals surface area contributed by atoms with Crippen LogP contribution in [0.15, 0.2) is 0 Å². The number of carbonyl (C=O) groups excluding carboxylic acids is 2. The second-order valence-corrected chi connectivity index (χ2v) is 5.25. The second-order valence-electron chi connectivity index (χ2n) is 4.60. The largest absolute Gasteiger partial charge is 0.332 e. The Hall–Kier alpha value is -0.580. The molecular weight excluding hydrogens is 272 g/mol. The summed E-state index contributed by atoms with van der Waals surface area (Å²) >= 11 is 3.38. The lowest BCUT2D eigenvalue weighted by Crippen LogP contribution is -2.57. The Morgan fingerprint density at radius 2 is 1.81 bits per heavy atom. The zero-order chi connectivity index (χ0) is 12.3. The van der Waals surface area contributed by atoms with Crippen molar-refractivity contribution in [3.8, 4) is 0 Å². The van der Waals surface area contributed by atoms with Gasteiger partial charge in [-0.15, -0.1) is 0 Å². The van der Waals surface area contributed by atoms with Gasteiger partial charge in [0.1, 0.15) is 0 Å². The number of halogens is 1. The Balaban J connectivity index is 2.62. The summed E-state index contributed by atoms with van der Waals surface area (Å²) in [5.41, 5.74) is 0. The summed E-state index contributed by atoms with van der Waals surface area (Å²) in [4.78, 5) is 26.9. The summed E-state index contributed by atoms with van der Waals surface area (Å²) in [5.74, 6) is -0.335. The number of hydrogen-bond acceptors (Lipinski definition) is 2. The first-order chi connectivity index (χ1) is 7.47. The minimum atomic E-state index is -0.358. The molecule has 1 unspecified atom stereocenters. The standard InChI is InChI=1S/C11H19BrN2O2/c1-8(2)14-5-4-13(7-9(3)6-12)10(15)11(14)16/h8-9H,4-7H2,1-3H3. The zero-order valence-electron chi connectivity index (χ0n) is 10.1. The average Bonchev–Trinajstić information content (AvgIpc) is 2.24. The Morgan fingerprint density at radius 1 is 1.19 bits per heavy atom. The molecule has 0 N–H and O–H groups in total. The van der Waals surface area contributed by atoms with E-state index >= 15 is 0 Å². The van der Waals surface area contributed by atoms with E-state index in [0.29, 0.717) is 25.6 Å². The van der Waals surface area contributed by atoms with E-state index in [1.54, 1.807) is 9.80 Å². The maximum atomic E-state index is 11.8. The average molecular weight is 291 g/mol. The van der Waals surface area contributed by atoms with Gasteiger partial charge in [-0.1, -0.05) is 22.9 Å². The molecule has 4 nitrogen and oxygen atoms in total. The molecule has 0 aromatic heterocycles. The van der Waals surface area contributed by atoms with E-state index < -0.39 is 0 Å². The van der Waals surface area contributed by atoms with Crippen LogP contribution in [0.4, 0.5) is 0 Å². The fraction of sp³-hybridized carbons (Fsp3) is 0.818. The Kier molecular flexibility index (Phi) is 4.77. The molecule has 1 fully saturated rings. The molecule has 0 aromatic rings. The molecule has 5 heteroatoms. The number of piperazine rings is 1. The fourth-order valence-corrected chi connectivity index (χ4v) is 1.99. The SMILES string of the molecule is CC(CBr)CN1CCN(C(C)C)C(=O)C1=O. The molecule has 1 aliphatic heterocycles. The van der Waals surface area contributed by atoms with Gasteiger partial charge in [-0.3, -0.25) is 9.59 Å². The molecule has 0 saturated carbocycles. The Labute approximate surface area is 105 Å². The zero-order valence-corrected chi connectivity index (χ0v) is 11.7. The minimum Gasteiger partial charge on any atom is -0.332 e. The van der Waals surface area contributed by atoms with Crippen LogP contribution in [-0.2, 0) is 9.59 Å². The van der Waals surface area contributed by atoms with Crippen LogP contribution in [0.5, 0.6) is 0 Å². The molecule has 1 heterocycles. The lowest BCUT2D eigenvalue weighted by atomic mass is 10.1. The van der Waals surface area contributed by atoms with Gasteiger partial charge in [-0.05, 0) is 19.8 Å². The highest BCUT2D eigenvalue weighted by Crippen LogP contribution is 2.11.